The van der Waals surface area contributed by atoms with Crippen LogP contribution in [0.25, 0.3) is 0 Å². The first kappa shape index (κ1) is 23.1. The number of thioether (sulfide) groups is 1. The zero-order valence-corrected chi connectivity index (χ0v) is 18.8. The van der Waals surface area contributed by atoms with Crippen molar-refractivity contribution in [3.05, 3.63) is 70.1 Å². The summed E-state index contributed by atoms with van der Waals surface area (Å²) in [6.07, 6.45) is 2.64. The van der Waals surface area contributed by atoms with Crippen LogP contribution in [0.4, 0.5) is 0 Å². The highest BCUT2D eigenvalue weighted by Gasteiger charge is 2.25. The van der Waals surface area contributed by atoms with Gasteiger partial charge in [0.15, 0.2) is 16.7 Å². The van der Waals surface area contributed by atoms with E-state index in [2.05, 4.69) is 20.3 Å². The van der Waals surface area contributed by atoms with Crippen LogP contribution in [0.15, 0.2) is 63.6 Å². The lowest BCUT2D eigenvalue weighted by molar-refractivity contribution is -0.135. The number of amidine groups is 1. The molecule has 0 atom stereocenters. The smallest absolute Gasteiger partial charge is 0.331 e. The second-order valence-electron chi connectivity index (χ2n) is 6.65. The molecule has 0 spiro atoms. The first-order valence-corrected chi connectivity index (χ1v) is 10.6. The Morgan fingerprint density at radius 1 is 1.12 bits per heavy atom. The van der Waals surface area contributed by atoms with Gasteiger partial charge in [-0.05, 0) is 54.9 Å². The monoisotopic (exact) mass is 453 g/mol. The molecule has 1 heterocycles. The normalized spacial score (nSPS) is 15.9. The summed E-state index contributed by atoms with van der Waals surface area (Å²) in [6, 6.07) is 13.6. The lowest BCUT2D eigenvalue weighted by Gasteiger charge is -2.12. The third-order valence-electron chi connectivity index (χ3n) is 4.24. The van der Waals surface area contributed by atoms with Gasteiger partial charge in [0, 0.05) is 6.08 Å². The van der Waals surface area contributed by atoms with Crippen molar-refractivity contribution in [1.82, 2.24) is 5.32 Å². The third kappa shape index (κ3) is 6.45. The molecule has 0 aromatic heterocycles. The Bertz CT molecular complexity index is 1080. The van der Waals surface area contributed by atoms with Crippen molar-refractivity contribution < 1.29 is 23.8 Å². The van der Waals surface area contributed by atoms with Crippen LogP contribution in [-0.2, 0) is 20.9 Å². The number of ether oxygens (including phenoxy) is 3. The third-order valence-corrected chi connectivity index (χ3v) is 5.14. The van der Waals surface area contributed by atoms with E-state index in [9.17, 15) is 9.59 Å². The molecule has 8 nitrogen and oxygen atoms in total. The highest BCUT2D eigenvalue weighted by molar-refractivity contribution is 8.18. The number of carbonyl (C=O) groups excluding carboxylic acids is 2. The lowest BCUT2D eigenvalue weighted by Crippen LogP contribution is -2.19. The van der Waals surface area contributed by atoms with Crippen molar-refractivity contribution in [1.29, 1.82) is 0 Å². The van der Waals surface area contributed by atoms with Crippen LogP contribution in [0, 0.1) is 6.92 Å². The van der Waals surface area contributed by atoms with Crippen LogP contribution < -0.4 is 14.8 Å². The molecule has 0 aliphatic carbocycles. The SMILES string of the molecule is CCOc1cc(C=N/N=C2/NC(=O)/C(=C\C(=O)OC)S2)ccc1OCc1ccc(C)cc1. The fourth-order valence-electron chi connectivity index (χ4n) is 2.63. The van der Waals surface area contributed by atoms with Gasteiger partial charge in [-0.3, -0.25) is 10.1 Å². The summed E-state index contributed by atoms with van der Waals surface area (Å²) >= 11 is 1.01. The predicted octanol–water partition coefficient (Wildman–Crippen LogP) is 3.58. The Hall–Kier alpha value is -3.59. The number of nitrogens with one attached hydrogen (secondary N) is 1. The van der Waals surface area contributed by atoms with E-state index in [-0.39, 0.29) is 10.1 Å². The van der Waals surface area contributed by atoms with Gasteiger partial charge in [-0.1, -0.05) is 29.8 Å². The molecule has 0 radical (unpaired) electrons. The minimum absolute atomic E-state index is 0.194. The van der Waals surface area contributed by atoms with E-state index in [4.69, 9.17) is 9.47 Å². The van der Waals surface area contributed by atoms with Crippen LogP contribution in [0.3, 0.4) is 0 Å². The summed E-state index contributed by atoms with van der Waals surface area (Å²) in [5.41, 5.74) is 3.01. The Balaban J connectivity index is 1.67. The Kier molecular flexibility index (Phi) is 8.04. The first-order valence-electron chi connectivity index (χ1n) is 9.83. The molecule has 2 aromatic rings. The maximum atomic E-state index is 11.8. The summed E-state index contributed by atoms with van der Waals surface area (Å²) in [4.78, 5) is 23.3. The summed E-state index contributed by atoms with van der Waals surface area (Å²) < 4.78 is 16.2. The van der Waals surface area contributed by atoms with E-state index in [0.29, 0.717) is 24.7 Å². The lowest BCUT2D eigenvalue weighted by atomic mass is 10.2. The van der Waals surface area contributed by atoms with Crippen LogP contribution >= 0.6 is 11.8 Å². The molecule has 0 bridgehead atoms. The number of methoxy groups -OCH3 is 1. The zero-order valence-electron chi connectivity index (χ0n) is 18.0. The van der Waals surface area contributed by atoms with Gasteiger partial charge in [-0.2, -0.15) is 5.10 Å². The summed E-state index contributed by atoms with van der Waals surface area (Å²) in [6.45, 7) is 4.86. The summed E-state index contributed by atoms with van der Waals surface area (Å²) in [5.74, 6) is 0.193. The maximum Gasteiger partial charge on any atom is 0.331 e. The van der Waals surface area contributed by atoms with Crippen LogP contribution in [0.1, 0.15) is 23.6 Å². The minimum atomic E-state index is -0.611. The molecule has 1 fully saturated rings. The van der Waals surface area contributed by atoms with Gasteiger partial charge in [0.25, 0.3) is 5.91 Å². The first-order chi connectivity index (χ1) is 15.5. The number of carbonyl (C=O) groups is 2. The Labute approximate surface area is 190 Å². The van der Waals surface area contributed by atoms with Gasteiger partial charge < -0.3 is 14.2 Å². The molecule has 3 rings (SSSR count). The number of esters is 1. The van der Waals surface area contributed by atoms with Gasteiger partial charge in [0.05, 0.1) is 24.8 Å². The Morgan fingerprint density at radius 2 is 1.91 bits per heavy atom. The van der Waals surface area contributed by atoms with Crippen molar-refractivity contribution in [3.8, 4) is 11.5 Å². The van der Waals surface area contributed by atoms with E-state index in [1.807, 2.05) is 50.2 Å². The van der Waals surface area contributed by atoms with Crippen LogP contribution in [0.5, 0.6) is 11.5 Å². The van der Waals surface area contributed by atoms with E-state index in [0.717, 1.165) is 29.0 Å². The number of hydrogen-bond acceptors (Lipinski definition) is 8. The standard InChI is InChI=1S/C23H23N3O5S/c1-4-30-19-11-17(9-10-18(19)31-14-16-7-5-15(2)6-8-16)13-24-26-23-25-22(28)20(32-23)12-21(27)29-3/h5-13H,4,14H2,1-3H3,(H,25,26,28)/b20-12+,24-13?. The van der Waals surface area contributed by atoms with Crippen molar-refractivity contribution in [2.75, 3.05) is 13.7 Å². The highest BCUT2D eigenvalue weighted by Crippen LogP contribution is 2.29. The van der Waals surface area contributed by atoms with Crippen LogP contribution in [-0.4, -0.2) is 37.0 Å². The van der Waals surface area contributed by atoms with E-state index in [1.54, 1.807) is 6.07 Å². The number of hydrogen-bond donors (Lipinski definition) is 1. The highest BCUT2D eigenvalue weighted by atomic mass is 32.2. The van der Waals surface area contributed by atoms with E-state index < -0.39 is 11.9 Å². The Morgan fingerprint density at radius 3 is 2.62 bits per heavy atom. The molecule has 32 heavy (non-hydrogen) atoms. The zero-order chi connectivity index (χ0) is 22.9. The second-order valence-corrected chi connectivity index (χ2v) is 7.68. The fourth-order valence-corrected chi connectivity index (χ4v) is 3.37. The second kappa shape index (κ2) is 11.1. The molecular formula is C23H23N3O5S. The molecule has 1 aliphatic heterocycles. The van der Waals surface area contributed by atoms with E-state index in [1.165, 1.54) is 18.9 Å². The van der Waals surface area contributed by atoms with Crippen molar-refractivity contribution >= 4 is 35.0 Å². The number of nitrogens with zero attached hydrogens (tertiary/aromatic N) is 2. The van der Waals surface area contributed by atoms with Crippen molar-refractivity contribution in [2.24, 2.45) is 10.2 Å². The average Bonchev–Trinajstić information content (AvgIpc) is 3.13. The molecular weight excluding hydrogens is 430 g/mol. The number of rotatable bonds is 8. The van der Waals surface area contributed by atoms with Crippen molar-refractivity contribution in [3.63, 3.8) is 0 Å². The molecule has 1 amide bonds. The largest absolute Gasteiger partial charge is 0.490 e. The predicted molar refractivity (Wildman–Crippen MR) is 124 cm³/mol. The van der Waals surface area contributed by atoms with Gasteiger partial charge >= 0.3 is 5.97 Å². The topological polar surface area (TPSA) is 98.6 Å². The average molecular weight is 454 g/mol. The molecule has 9 heteroatoms. The van der Waals surface area contributed by atoms with Gasteiger partial charge in [0.2, 0.25) is 0 Å². The molecule has 0 unspecified atom stereocenters. The number of benzene rings is 2. The van der Waals surface area contributed by atoms with Gasteiger partial charge in [-0.15, -0.1) is 5.10 Å². The van der Waals surface area contributed by atoms with Gasteiger partial charge in [-0.25, -0.2) is 4.79 Å². The van der Waals surface area contributed by atoms with Crippen LogP contribution in [0.2, 0.25) is 0 Å². The molecule has 1 N–H and O–H groups in total. The summed E-state index contributed by atoms with van der Waals surface area (Å²) in [5, 5.41) is 10.8. The quantitative estimate of drug-likeness (QED) is 0.284. The molecule has 166 valence electrons. The number of amides is 1. The minimum Gasteiger partial charge on any atom is -0.490 e. The molecule has 2 aromatic carbocycles. The van der Waals surface area contributed by atoms with Gasteiger partial charge in [0.1, 0.15) is 6.61 Å². The molecule has 0 saturated carbocycles. The summed E-state index contributed by atoms with van der Waals surface area (Å²) in [7, 11) is 1.24. The molecule has 1 saturated heterocycles. The maximum absolute atomic E-state index is 11.8. The molecule has 1 aliphatic rings. The van der Waals surface area contributed by atoms with Crippen molar-refractivity contribution in [2.45, 2.75) is 20.5 Å². The number of aryl methyl sites for hydroxylation is 1. The fraction of sp³-hybridized carbons (Fsp3) is 0.217. The van der Waals surface area contributed by atoms with E-state index >= 15 is 0 Å².